The van der Waals surface area contributed by atoms with E-state index in [1.54, 1.807) is 10.6 Å². The van der Waals surface area contributed by atoms with E-state index in [0.717, 1.165) is 9.26 Å². The molecule has 0 aliphatic carbocycles. The number of anilines is 1. The molecule has 3 nitrogen and oxygen atoms in total. The van der Waals surface area contributed by atoms with Crippen LogP contribution in [0, 0.1) is 9.39 Å². The summed E-state index contributed by atoms with van der Waals surface area (Å²) in [6, 6.07) is 12.3. The van der Waals surface area contributed by atoms with E-state index < -0.39 is 0 Å². The Morgan fingerprint density at radius 1 is 1.17 bits per heavy atom. The molecule has 18 heavy (non-hydrogen) atoms. The molecule has 0 saturated heterocycles. The van der Waals surface area contributed by atoms with Crippen LogP contribution in [-0.4, -0.2) is 9.55 Å². The molecule has 0 aliphatic rings. The second kappa shape index (κ2) is 4.24. The number of aromatic nitrogens is 2. The van der Waals surface area contributed by atoms with E-state index in [1.807, 2.05) is 24.3 Å². The fourth-order valence-electron chi connectivity index (χ4n) is 1.95. The topological polar surface area (TPSA) is 43.8 Å². The van der Waals surface area contributed by atoms with Crippen molar-refractivity contribution in [2.75, 3.05) is 5.73 Å². The van der Waals surface area contributed by atoms with Gasteiger partial charge >= 0.3 is 0 Å². The first kappa shape index (κ1) is 11.5. The Labute approximate surface area is 117 Å². The molecular weight excluding hydrogens is 344 g/mol. The Morgan fingerprint density at radius 3 is 2.78 bits per heavy atom. The van der Waals surface area contributed by atoms with E-state index in [9.17, 15) is 4.39 Å². The second-order valence-corrected chi connectivity index (χ2v) is 5.16. The van der Waals surface area contributed by atoms with E-state index in [1.165, 1.54) is 12.1 Å². The van der Waals surface area contributed by atoms with Crippen LogP contribution in [0.15, 0.2) is 42.5 Å². The molecular formula is C13H9FIN3. The van der Waals surface area contributed by atoms with Crippen molar-refractivity contribution < 1.29 is 4.39 Å². The van der Waals surface area contributed by atoms with Gasteiger partial charge in [-0.05, 0) is 52.9 Å². The molecule has 0 atom stereocenters. The summed E-state index contributed by atoms with van der Waals surface area (Å²) in [7, 11) is 0. The molecule has 0 aliphatic heterocycles. The molecule has 5 heteroatoms. The summed E-state index contributed by atoms with van der Waals surface area (Å²) in [4.78, 5) is 4.23. The van der Waals surface area contributed by atoms with Crippen molar-refractivity contribution in [2.45, 2.75) is 0 Å². The lowest BCUT2D eigenvalue weighted by Crippen LogP contribution is -2.00. The van der Waals surface area contributed by atoms with Crippen LogP contribution < -0.4 is 5.73 Å². The molecule has 0 saturated carbocycles. The van der Waals surface area contributed by atoms with Gasteiger partial charge in [-0.3, -0.25) is 4.57 Å². The van der Waals surface area contributed by atoms with Crippen LogP contribution in [0.4, 0.5) is 10.3 Å². The minimum Gasteiger partial charge on any atom is -0.369 e. The molecule has 0 fully saturated rings. The van der Waals surface area contributed by atoms with E-state index >= 15 is 0 Å². The van der Waals surface area contributed by atoms with E-state index in [0.29, 0.717) is 17.0 Å². The monoisotopic (exact) mass is 353 g/mol. The zero-order valence-corrected chi connectivity index (χ0v) is 11.4. The summed E-state index contributed by atoms with van der Waals surface area (Å²) < 4.78 is 16.2. The van der Waals surface area contributed by atoms with Gasteiger partial charge < -0.3 is 5.73 Å². The zero-order valence-electron chi connectivity index (χ0n) is 9.27. The zero-order chi connectivity index (χ0) is 12.7. The Morgan fingerprint density at radius 2 is 2.00 bits per heavy atom. The summed E-state index contributed by atoms with van der Waals surface area (Å²) >= 11 is 2.22. The Bertz CT molecular complexity index is 736. The quantitative estimate of drug-likeness (QED) is 0.682. The lowest BCUT2D eigenvalue weighted by atomic mass is 10.2. The van der Waals surface area contributed by atoms with Crippen molar-refractivity contribution in [3.63, 3.8) is 0 Å². The van der Waals surface area contributed by atoms with Crippen molar-refractivity contribution in [3.8, 4) is 5.69 Å². The number of fused-ring (bicyclic) bond motifs is 1. The smallest absolute Gasteiger partial charge is 0.205 e. The van der Waals surface area contributed by atoms with Crippen LogP contribution in [0.2, 0.25) is 0 Å². The summed E-state index contributed by atoms with van der Waals surface area (Å²) in [5, 5.41) is 0. The van der Waals surface area contributed by atoms with Crippen LogP contribution in [0.5, 0.6) is 0 Å². The number of nitrogens with two attached hydrogens (primary N) is 1. The highest BCUT2D eigenvalue weighted by atomic mass is 127. The highest BCUT2D eigenvalue weighted by molar-refractivity contribution is 14.1. The predicted octanol–water partition coefficient (Wildman–Crippen LogP) is 3.35. The van der Waals surface area contributed by atoms with Crippen molar-refractivity contribution in [1.29, 1.82) is 0 Å². The Hall–Kier alpha value is -1.63. The standard InChI is InChI=1S/C13H9FIN3/c14-8-4-5-11-12(6-8)18(13(16)17-11)10-3-1-2-9(15)7-10/h1-7H,(H2,16,17). The average molecular weight is 353 g/mol. The first-order chi connectivity index (χ1) is 8.65. The van der Waals surface area contributed by atoms with Gasteiger partial charge in [0.2, 0.25) is 5.95 Å². The van der Waals surface area contributed by atoms with Crippen LogP contribution in [0.1, 0.15) is 0 Å². The van der Waals surface area contributed by atoms with Crippen molar-refractivity contribution in [2.24, 2.45) is 0 Å². The Kier molecular flexibility index (Phi) is 2.70. The number of rotatable bonds is 1. The third-order valence-corrected chi connectivity index (χ3v) is 3.38. The van der Waals surface area contributed by atoms with Gasteiger partial charge in [0.1, 0.15) is 5.82 Å². The molecule has 2 aromatic carbocycles. The van der Waals surface area contributed by atoms with Crippen LogP contribution >= 0.6 is 22.6 Å². The van der Waals surface area contributed by atoms with E-state index in [4.69, 9.17) is 5.73 Å². The molecule has 0 radical (unpaired) electrons. The lowest BCUT2D eigenvalue weighted by Gasteiger charge is -2.06. The number of imidazole rings is 1. The minimum atomic E-state index is -0.297. The third-order valence-electron chi connectivity index (χ3n) is 2.71. The molecule has 0 spiro atoms. The predicted molar refractivity (Wildman–Crippen MR) is 78.2 cm³/mol. The second-order valence-electron chi connectivity index (χ2n) is 3.92. The number of nitrogens with zero attached hydrogens (tertiary/aromatic N) is 2. The molecule has 3 rings (SSSR count). The van der Waals surface area contributed by atoms with Crippen LogP contribution in [0.3, 0.4) is 0 Å². The SMILES string of the molecule is Nc1nc2ccc(F)cc2n1-c1cccc(I)c1. The number of benzene rings is 2. The van der Waals surface area contributed by atoms with Gasteiger partial charge in [-0.1, -0.05) is 6.07 Å². The minimum absolute atomic E-state index is 0.297. The fraction of sp³-hybridized carbons (Fsp3) is 0. The summed E-state index contributed by atoms with van der Waals surface area (Å²) in [5.41, 5.74) is 8.16. The highest BCUT2D eigenvalue weighted by Gasteiger charge is 2.10. The molecule has 3 aromatic rings. The normalized spacial score (nSPS) is 11.0. The van der Waals surface area contributed by atoms with Gasteiger partial charge in [0.25, 0.3) is 0 Å². The number of hydrogen-bond acceptors (Lipinski definition) is 2. The van der Waals surface area contributed by atoms with Crippen molar-refractivity contribution in [1.82, 2.24) is 9.55 Å². The van der Waals surface area contributed by atoms with E-state index in [-0.39, 0.29) is 5.82 Å². The maximum atomic E-state index is 13.3. The molecule has 0 amide bonds. The van der Waals surface area contributed by atoms with Crippen LogP contribution in [-0.2, 0) is 0 Å². The van der Waals surface area contributed by atoms with Gasteiger partial charge in [0.15, 0.2) is 0 Å². The van der Waals surface area contributed by atoms with Gasteiger partial charge in [0.05, 0.1) is 16.7 Å². The van der Waals surface area contributed by atoms with Crippen molar-refractivity contribution in [3.05, 3.63) is 51.9 Å². The van der Waals surface area contributed by atoms with Gasteiger partial charge in [0, 0.05) is 9.64 Å². The maximum absolute atomic E-state index is 13.3. The first-order valence-corrected chi connectivity index (χ1v) is 6.42. The van der Waals surface area contributed by atoms with Gasteiger partial charge in [-0.15, -0.1) is 0 Å². The fourth-order valence-corrected chi connectivity index (χ4v) is 2.48. The maximum Gasteiger partial charge on any atom is 0.205 e. The largest absolute Gasteiger partial charge is 0.369 e. The number of hydrogen-bond donors (Lipinski definition) is 1. The number of nitrogen functional groups attached to an aromatic ring is 1. The molecule has 0 unspecified atom stereocenters. The molecule has 0 bridgehead atoms. The van der Waals surface area contributed by atoms with Crippen LogP contribution in [0.25, 0.3) is 16.7 Å². The molecule has 1 heterocycles. The summed E-state index contributed by atoms with van der Waals surface area (Å²) in [6.45, 7) is 0. The lowest BCUT2D eigenvalue weighted by molar-refractivity contribution is 0.629. The summed E-state index contributed by atoms with van der Waals surface area (Å²) in [6.07, 6.45) is 0. The summed E-state index contributed by atoms with van der Waals surface area (Å²) in [5.74, 6) is 0.0619. The molecule has 2 N–H and O–H groups in total. The molecule has 90 valence electrons. The Balaban J connectivity index is 2.34. The average Bonchev–Trinajstić information content (AvgIpc) is 2.64. The van der Waals surface area contributed by atoms with E-state index in [2.05, 4.69) is 27.6 Å². The van der Waals surface area contributed by atoms with Gasteiger partial charge in [-0.2, -0.15) is 0 Å². The van der Waals surface area contributed by atoms with Gasteiger partial charge in [-0.25, -0.2) is 9.37 Å². The molecule has 1 aromatic heterocycles. The van der Waals surface area contributed by atoms with Crippen molar-refractivity contribution >= 4 is 39.6 Å². The first-order valence-electron chi connectivity index (χ1n) is 5.34. The highest BCUT2D eigenvalue weighted by Crippen LogP contribution is 2.24. The number of halogens is 2. The third kappa shape index (κ3) is 1.84.